The Bertz CT molecular complexity index is 2920. The molecule has 0 aliphatic rings. The molecule has 9 amide bonds. The number of rotatable bonds is 43. The minimum Gasteiger partial charge on any atom is -0.481 e. The maximum atomic E-state index is 15.5. The molecule has 504 valence electrons. The predicted molar refractivity (Wildman–Crippen MR) is 327 cm³/mol. The lowest BCUT2D eigenvalue weighted by Crippen LogP contribution is -2.58. The van der Waals surface area contributed by atoms with Crippen molar-refractivity contribution in [2.45, 2.75) is 116 Å². The van der Waals surface area contributed by atoms with Crippen molar-refractivity contribution >= 4 is 81.0 Å². The summed E-state index contributed by atoms with van der Waals surface area (Å²) in [6, 6.07) is 4.83. The van der Waals surface area contributed by atoms with Gasteiger partial charge in [-0.2, -0.15) is 0 Å². The van der Waals surface area contributed by atoms with E-state index in [0.29, 0.717) is 38.7 Å². The standard InChI is InChI=1S/C60H85BrF2N10O18/c1-37(67-50(77)18-22-88-24-26-90-28-29-91-27-25-89-23-20-65-51(78)33-61)58(85)71(6)38(2)55(82)70-46(32-48(64)75)57(84)69-44(56(83)66-19-16-49(76)68-45(59(86)87)14-15-53(80)81)17-21-73(52(79)36-74)54(60(3,4)5)47-30-40(42-31-41(62)12-13-43(42)63)35-72(47)34-39-10-8-7-9-11-39/h7-13,30-31,35,37-38,44-46,54,74H,14-29,32-34,36H2,1-6H3,(H2,64,75)(H,65,78)(H,66,83)(H,67,77)(H,68,76)(H,69,84)(H,70,82)(H,80,81)(H,86,87)/t37-,38-,44-,45+,46-,54-/m0/s1. The number of nitrogens with zero attached hydrogens (tertiary/aromatic N) is 3. The summed E-state index contributed by atoms with van der Waals surface area (Å²) in [5, 5.41) is 44.0. The molecule has 0 saturated carbocycles. The van der Waals surface area contributed by atoms with Crippen molar-refractivity contribution in [3.05, 3.63) is 83.7 Å². The quantitative estimate of drug-likeness (QED) is 0.0278. The van der Waals surface area contributed by atoms with Crippen LogP contribution in [0.1, 0.15) is 90.4 Å². The van der Waals surface area contributed by atoms with Gasteiger partial charge < -0.3 is 86.3 Å². The Labute approximate surface area is 534 Å². The van der Waals surface area contributed by atoms with Gasteiger partial charge in [0.05, 0.1) is 70.6 Å². The summed E-state index contributed by atoms with van der Waals surface area (Å²) in [5.41, 5.74) is 5.88. The van der Waals surface area contributed by atoms with E-state index in [2.05, 4.69) is 47.8 Å². The molecule has 3 aromatic rings. The molecule has 1 heterocycles. The molecule has 0 aliphatic carbocycles. The third kappa shape index (κ3) is 28.0. The molecular formula is C60H85BrF2N10O18. The molecule has 0 unspecified atom stereocenters. The van der Waals surface area contributed by atoms with Gasteiger partial charge in [-0.15, -0.1) is 0 Å². The molecule has 31 heteroatoms. The molecule has 1 aromatic heterocycles. The minimum atomic E-state index is -1.82. The Kier molecular flexibility index (Phi) is 34.0. The van der Waals surface area contributed by atoms with Crippen molar-refractivity contribution in [2.24, 2.45) is 11.1 Å². The van der Waals surface area contributed by atoms with E-state index >= 15 is 4.39 Å². The zero-order valence-electron chi connectivity index (χ0n) is 51.9. The summed E-state index contributed by atoms with van der Waals surface area (Å²) in [6.07, 6.45) is -1.51. The largest absolute Gasteiger partial charge is 0.481 e. The number of carboxylic acid groups (broad SMARTS) is 2. The lowest BCUT2D eigenvalue weighted by atomic mass is 9.82. The molecule has 2 aromatic carbocycles. The molecule has 6 atom stereocenters. The first kappa shape index (κ1) is 77.3. The number of ether oxygens (including phenoxy) is 4. The number of aliphatic hydroxyl groups excluding tert-OH is 1. The minimum absolute atomic E-state index is 0.0199. The first-order valence-electron chi connectivity index (χ1n) is 29.3. The predicted octanol–water partition coefficient (Wildman–Crippen LogP) is 0.884. The molecule has 0 bridgehead atoms. The maximum Gasteiger partial charge on any atom is 0.326 e. The van der Waals surface area contributed by atoms with Crippen molar-refractivity contribution in [2.75, 3.05) is 91.5 Å². The monoisotopic (exact) mass is 1350 g/mol. The molecule has 3 rings (SSSR count). The van der Waals surface area contributed by atoms with Gasteiger partial charge >= 0.3 is 11.9 Å². The van der Waals surface area contributed by atoms with Gasteiger partial charge in [-0.05, 0) is 61.9 Å². The molecule has 91 heavy (non-hydrogen) atoms. The number of carbonyl (C=O) groups is 11. The number of carboxylic acids is 2. The number of nitrogens with two attached hydrogens (primary N) is 1. The van der Waals surface area contributed by atoms with Gasteiger partial charge in [0.25, 0.3) is 0 Å². The van der Waals surface area contributed by atoms with Crippen molar-refractivity contribution in [3.63, 3.8) is 0 Å². The van der Waals surface area contributed by atoms with Gasteiger partial charge in [0.2, 0.25) is 53.2 Å². The van der Waals surface area contributed by atoms with Crippen molar-refractivity contribution in [3.8, 4) is 11.1 Å². The number of primary amides is 1. The van der Waals surface area contributed by atoms with Crippen LogP contribution in [0.15, 0.2) is 60.8 Å². The number of likely N-dealkylation sites (N-methyl/N-ethyl adjacent to an activating group) is 1. The Morgan fingerprint density at radius 3 is 1.87 bits per heavy atom. The SMILES string of the molecule is C[C@H](NC(=O)CCOCCOCCOCCOCCNC(=O)CBr)C(=O)N(C)[C@@H](C)C(=O)N[C@@H](CC(N)=O)C(=O)N[C@@H](CCN(C(=O)CO)[C@@H](c1cc(-c2cc(F)ccc2F)cn1Cc1ccccc1)C(C)(C)C)C(=O)NCCC(=O)N[C@H](CCC(=O)O)C(=O)O. The van der Waals surface area contributed by atoms with E-state index < -0.39 is 164 Å². The van der Waals surface area contributed by atoms with Crippen LogP contribution in [0, 0.1) is 17.0 Å². The summed E-state index contributed by atoms with van der Waals surface area (Å²) in [6.45, 7) is 8.41. The van der Waals surface area contributed by atoms with E-state index in [-0.39, 0.29) is 61.8 Å². The fraction of sp³-hybridized carbons (Fsp3) is 0.550. The van der Waals surface area contributed by atoms with Crippen LogP contribution >= 0.6 is 15.9 Å². The van der Waals surface area contributed by atoms with E-state index in [1.54, 1.807) is 55.8 Å². The summed E-state index contributed by atoms with van der Waals surface area (Å²) in [4.78, 5) is 145. The van der Waals surface area contributed by atoms with E-state index in [0.717, 1.165) is 28.7 Å². The summed E-state index contributed by atoms with van der Waals surface area (Å²) >= 11 is 3.05. The zero-order chi connectivity index (χ0) is 67.8. The van der Waals surface area contributed by atoms with Gasteiger partial charge in [0, 0.05) is 75.5 Å². The number of alkyl halides is 1. The average Bonchev–Trinajstić information content (AvgIpc) is 1.71. The van der Waals surface area contributed by atoms with Crippen molar-refractivity contribution in [1.29, 1.82) is 0 Å². The molecule has 0 radical (unpaired) electrons. The zero-order valence-corrected chi connectivity index (χ0v) is 53.5. The van der Waals surface area contributed by atoms with Crippen LogP contribution in [0.25, 0.3) is 11.1 Å². The van der Waals surface area contributed by atoms with Crippen molar-refractivity contribution < 1.29 is 95.8 Å². The van der Waals surface area contributed by atoms with Crippen LogP contribution in [-0.4, -0.2) is 216 Å². The maximum absolute atomic E-state index is 15.5. The highest BCUT2D eigenvalue weighted by atomic mass is 79.9. The molecule has 0 spiro atoms. The number of carbonyl (C=O) groups excluding carboxylic acids is 9. The van der Waals surface area contributed by atoms with Crippen LogP contribution < -0.4 is 37.6 Å². The van der Waals surface area contributed by atoms with Gasteiger partial charge in [-0.25, -0.2) is 13.6 Å². The summed E-state index contributed by atoms with van der Waals surface area (Å²) in [5.74, 6) is -11.8. The Hall–Kier alpha value is -7.97. The third-order valence-corrected chi connectivity index (χ3v) is 14.3. The first-order chi connectivity index (χ1) is 43.1. The van der Waals surface area contributed by atoms with Gasteiger partial charge in [0.1, 0.15) is 48.5 Å². The highest BCUT2D eigenvalue weighted by molar-refractivity contribution is 9.09. The molecule has 0 aliphatic heterocycles. The van der Waals surface area contributed by atoms with Crippen LogP contribution in [0.2, 0.25) is 0 Å². The van der Waals surface area contributed by atoms with Gasteiger partial charge in [-0.1, -0.05) is 67.0 Å². The number of aromatic nitrogens is 1. The van der Waals surface area contributed by atoms with Crippen LogP contribution in [0.4, 0.5) is 8.78 Å². The van der Waals surface area contributed by atoms with Gasteiger partial charge in [0.15, 0.2) is 0 Å². The molecule has 28 nitrogen and oxygen atoms in total. The Morgan fingerprint density at radius 2 is 1.29 bits per heavy atom. The topological polar surface area (TPSA) is 395 Å². The number of benzene rings is 2. The number of nitrogens with one attached hydrogen (secondary N) is 6. The summed E-state index contributed by atoms with van der Waals surface area (Å²) in [7, 11) is 1.25. The second-order valence-electron chi connectivity index (χ2n) is 22.0. The number of aliphatic hydroxyl groups is 1. The lowest BCUT2D eigenvalue weighted by molar-refractivity contribution is -0.143. The van der Waals surface area contributed by atoms with Crippen LogP contribution in [0.5, 0.6) is 0 Å². The highest BCUT2D eigenvalue weighted by Gasteiger charge is 2.39. The number of amides is 9. The number of aliphatic carboxylic acids is 2. The smallest absolute Gasteiger partial charge is 0.326 e. The van der Waals surface area contributed by atoms with E-state index in [1.165, 1.54) is 25.8 Å². The number of halogens is 3. The van der Waals surface area contributed by atoms with E-state index in [1.807, 2.05) is 12.1 Å². The normalized spacial score (nSPS) is 13.3. The molecule has 11 N–H and O–H groups in total. The fourth-order valence-corrected chi connectivity index (χ4v) is 9.31. The van der Waals surface area contributed by atoms with E-state index in [9.17, 15) is 67.3 Å². The average molecular weight is 1350 g/mol. The fourth-order valence-electron chi connectivity index (χ4n) is 9.11. The van der Waals surface area contributed by atoms with Crippen LogP contribution in [0.3, 0.4) is 0 Å². The molecule has 0 fully saturated rings. The molecule has 0 saturated heterocycles. The summed E-state index contributed by atoms with van der Waals surface area (Å²) < 4.78 is 53.5. The lowest BCUT2D eigenvalue weighted by Gasteiger charge is -2.41. The highest BCUT2D eigenvalue weighted by Crippen LogP contribution is 2.41. The van der Waals surface area contributed by atoms with Crippen LogP contribution in [-0.2, 0) is 78.2 Å². The Balaban J connectivity index is 1.81. The first-order valence-corrected chi connectivity index (χ1v) is 30.4. The van der Waals surface area contributed by atoms with Gasteiger partial charge in [-0.3, -0.25) is 47.9 Å². The molecular weight excluding hydrogens is 1270 g/mol. The Morgan fingerprint density at radius 1 is 0.681 bits per heavy atom. The number of hydrogen-bond donors (Lipinski definition) is 10. The van der Waals surface area contributed by atoms with E-state index in [4.69, 9.17) is 29.8 Å². The second-order valence-corrected chi connectivity index (χ2v) is 22.6. The third-order valence-electron chi connectivity index (χ3n) is 13.8. The second kappa shape index (κ2) is 40.0. The number of hydrogen-bond acceptors (Lipinski definition) is 16. The van der Waals surface area contributed by atoms with Crippen molar-refractivity contribution in [1.82, 2.24) is 46.3 Å².